The van der Waals surface area contributed by atoms with Gasteiger partial charge in [0, 0.05) is 31.4 Å². The van der Waals surface area contributed by atoms with Gasteiger partial charge in [0.1, 0.15) is 5.75 Å². The van der Waals surface area contributed by atoms with Gasteiger partial charge in [0.15, 0.2) is 0 Å². The van der Waals surface area contributed by atoms with Gasteiger partial charge in [-0.25, -0.2) is 0 Å². The minimum atomic E-state index is 0.207. The molecule has 19 heavy (non-hydrogen) atoms. The summed E-state index contributed by atoms with van der Waals surface area (Å²) in [6.07, 6.45) is 0.755. The van der Waals surface area contributed by atoms with E-state index in [1.165, 1.54) is 5.56 Å². The summed E-state index contributed by atoms with van der Waals surface area (Å²) in [7, 11) is 3.34. The number of hydrogen-bond acceptors (Lipinski definition) is 4. The van der Waals surface area contributed by atoms with Crippen molar-refractivity contribution in [3.8, 4) is 5.75 Å². The van der Waals surface area contributed by atoms with Crippen molar-refractivity contribution in [1.29, 1.82) is 0 Å². The highest BCUT2D eigenvalue weighted by molar-refractivity contribution is 5.38. The van der Waals surface area contributed by atoms with E-state index in [2.05, 4.69) is 31.3 Å². The minimum Gasteiger partial charge on any atom is -0.496 e. The lowest BCUT2D eigenvalue weighted by atomic mass is 10.0. The monoisotopic (exact) mass is 267 g/mol. The highest BCUT2D eigenvalue weighted by Gasteiger charge is 2.11. The molecule has 2 N–H and O–H groups in total. The maximum atomic E-state index is 8.93. The van der Waals surface area contributed by atoms with Gasteiger partial charge in [-0.1, -0.05) is 6.07 Å². The van der Waals surface area contributed by atoms with Gasteiger partial charge in [0.25, 0.3) is 0 Å². The first kappa shape index (κ1) is 16.0. The largest absolute Gasteiger partial charge is 0.496 e. The molecule has 4 heteroatoms. The van der Waals surface area contributed by atoms with Crippen molar-refractivity contribution in [1.82, 2.24) is 5.32 Å². The van der Waals surface area contributed by atoms with Gasteiger partial charge in [-0.2, -0.15) is 0 Å². The summed E-state index contributed by atoms with van der Waals surface area (Å²) in [6.45, 7) is 4.94. The molecule has 1 rings (SSSR count). The molecule has 0 aliphatic carbocycles. The molecule has 0 heterocycles. The molecule has 108 valence electrons. The van der Waals surface area contributed by atoms with Crippen LogP contribution in [0.3, 0.4) is 0 Å². The van der Waals surface area contributed by atoms with Crippen molar-refractivity contribution in [3.63, 3.8) is 0 Å². The zero-order chi connectivity index (χ0) is 14.3. The Morgan fingerprint density at radius 3 is 2.58 bits per heavy atom. The van der Waals surface area contributed by atoms with E-state index in [1.54, 1.807) is 14.2 Å². The minimum absolute atomic E-state index is 0.207. The van der Waals surface area contributed by atoms with Crippen LogP contribution in [0, 0.1) is 0 Å². The average Bonchev–Trinajstić information content (AvgIpc) is 2.39. The smallest absolute Gasteiger partial charge is 0.124 e. The standard InChI is InChI=1S/C15H25NO3/c1-11(7-8-17)16-12(2)13-5-6-15(19-4)14(9-13)10-18-3/h5-6,9,11-12,16-17H,7-8,10H2,1-4H3/t11-,12?/m1/s1. The Morgan fingerprint density at radius 2 is 2.00 bits per heavy atom. The summed E-state index contributed by atoms with van der Waals surface area (Å²) in [4.78, 5) is 0. The topological polar surface area (TPSA) is 50.7 Å². The lowest BCUT2D eigenvalue weighted by Crippen LogP contribution is -2.29. The van der Waals surface area contributed by atoms with Gasteiger partial charge in [-0.05, 0) is 38.0 Å². The van der Waals surface area contributed by atoms with Gasteiger partial charge in [-0.3, -0.25) is 0 Å². The van der Waals surface area contributed by atoms with E-state index < -0.39 is 0 Å². The Bertz CT molecular complexity index is 382. The maximum Gasteiger partial charge on any atom is 0.124 e. The van der Waals surface area contributed by atoms with Crippen LogP contribution in [-0.2, 0) is 11.3 Å². The van der Waals surface area contributed by atoms with Crippen LogP contribution in [0.2, 0.25) is 0 Å². The molecule has 0 aliphatic heterocycles. The van der Waals surface area contributed by atoms with Crippen LogP contribution in [-0.4, -0.2) is 32.0 Å². The van der Waals surface area contributed by atoms with Crippen LogP contribution in [0.25, 0.3) is 0 Å². The number of ether oxygens (including phenoxy) is 2. The van der Waals surface area contributed by atoms with Crippen LogP contribution in [0.4, 0.5) is 0 Å². The number of aliphatic hydroxyl groups is 1. The van der Waals surface area contributed by atoms with Crippen LogP contribution in [0.15, 0.2) is 18.2 Å². The molecule has 2 atom stereocenters. The molecule has 1 aromatic carbocycles. The van der Waals surface area contributed by atoms with Crippen molar-refractivity contribution < 1.29 is 14.6 Å². The lowest BCUT2D eigenvalue weighted by molar-refractivity contribution is 0.181. The second-order valence-electron chi connectivity index (χ2n) is 4.81. The fourth-order valence-electron chi connectivity index (χ4n) is 2.14. The zero-order valence-corrected chi connectivity index (χ0v) is 12.3. The molecular formula is C15H25NO3. The first-order valence-electron chi connectivity index (χ1n) is 6.65. The molecule has 0 spiro atoms. The fourth-order valence-corrected chi connectivity index (χ4v) is 2.14. The van der Waals surface area contributed by atoms with E-state index >= 15 is 0 Å². The summed E-state index contributed by atoms with van der Waals surface area (Å²) < 4.78 is 10.5. The normalized spacial score (nSPS) is 14.2. The van der Waals surface area contributed by atoms with E-state index in [0.29, 0.717) is 6.61 Å². The predicted molar refractivity (Wildman–Crippen MR) is 76.4 cm³/mol. The fraction of sp³-hybridized carbons (Fsp3) is 0.600. The summed E-state index contributed by atoms with van der Waals surface area (Å²) in [6, 6.07) is 6.64. The van der Waals surface area contributed by atoms with Crippen molar-refractivity contribution >= 4 is 0 Å². The highest BCUT2D eigenvalue weighted by Crippen LogP contribution is 2.24. The third-order valence-corrected chi connectivity index (χ3v) is 3.20. The molecule has 0 amide bonds. The molecule has 0 aliphatic rings. The Hall–Kier alpha value is -1.10. The molecule has 0 saturated heterocycles. The number of benzene rings is 1. The van der Waals surface area contributed by atoms with Crippen LogP contribution >= 0.6 is 0 Å². The molecular weight excluding hydrogens is 242 g/mol. The summed E-state index contributed by atoms with van der Waals surface area (Å²) >= 11 is 0. The van der Waals surface area contributed by atoms with Crippen molar-refractivity contribution in [2.75, 3.05) is 20.8 Å². The first-order chi connectivity index (χ1) is 9.12. The van der Waals surface area contributed by atoms with Crippen LogP contribution in [0.5, 0.6) is 5.75 Å². The molecule has 0 bridgehead atoms. The van der Waals surface area contributed by atoms with E-state index in [1.807, 2.05) is 6.07 Å². The Morgan fingerprint density at radius 1 is 1.26 bits per heavy atom. The maximum absolute atomic E-state index is 8.93. The Kier molecular flexibility index (Phi) is 6.84. The predicted octanol–water partition coefficient (Wildman–Crippen LogP) is 2.26. The second-order valence-corrected chi connectivity index (χ2v) is 4.81. The molecule has 1 aromatic rings. The molecule has 0 radical (unpaired) electrons. The quantitative estimate of drug-likeness (QED) is 0.758. The van der Waals surface area contributed by atoms with E-state index in [0.717, 1.165) is 17.7 Å². The summed E-state index contributed by atoms with van der Waals surface area (Å²) in [5.74, 6) is 0.848. The number of nitrogens with one attached hydrogen (secondary N) is 1. The van der Waals surface area contributed by atoms with Crippen molar-refractivity contribution in [2.45, 2.75) is 39.0 Å². The first-order valence-corrected chi connectivity index (χ1v) is 6.65. The zero-order valence-electron chi connectivity index (χ0n) is 12.3. The number of hydrogen-bond donors (Lipinski definition) is 2. The average molecular weight is 267 g/mol. The van der Waals surface area contributed by atoms with Crippen LogP contribution in [0.1, 0.15) is 37.4 Å². The lowest BCUT2D eigenvalue weighted by Gasteiger charge is -2.21. The van der Waals surface area contributed by atoms with Gasteiger partial charge in [0.2, 0.25) is 0 Å². The SMILES string of the molecule is COCc1cc(C(C)N[C@H](C)CCO)ccc1OC. The summed E-state index contributed by atoms with van der Waals surface area (Å²) in [5.41, 5.74) is 2.24. The third kappa shape index (κ3) is 4.82. The number of aliphatic hydroxyl groups excluding tert-OH is 1. The van der Waals surface area contributed by atoms with Gasteiger partial charge < -0.3 is 19.9 Å². The van der Waals surface area contributed by atoms with E-state index in [4.69, 9.17) is 14.6 Å². The van der Waals surface area contributed by atoms with Crippen LogP contribution < -0.4 is 10.1 Å². The number of rotatable bonds is 8. The third-order valence-electron chi connectivity index (χ3n) is 3.20. The summed E-state index contributed by atoms with van der Waals surface area (Å²) in [5, 5.41) is 12.4. The molecule has 0 aromatic heterocycles. The molecule has 0 fully saturated rings. The van der Waals surface area contributed by atoms with Crippen molar-refractivity contribution in [3.05, 3.63) is 29.3 Å². The van der Waals surface area contributed by atoms with E-state index in [9.17, 15) is 0 Å². The Labute approximate surface area is 115 Å². The number of methoxy groups -OCH3 is 2. The highest BCUT2D eigenvalue weighted by atomic mass is 16.5. The van der Waals surface area contributed by atoms with Gasteiger partial charge in [0.05, 0.1) is 13.7 Å². The second kappa shape index (κ2) is 8.15. The molecule has 0 saturated carbocycles. The van der Waals surface area contributed by atoms with Gasteiger partial charge in [-0.15, -0.1) is 0 Å². The van der Waals surface area contributed by atoms with E-state index in [-0.39, 0.29) is 18.7 Å². The van der Waals surface area contributed by atoms with Gasteiger partial charge >= 0.3 is 0 Å². The Balaban J connectivity index is 2.79. The molecule has 1 unspecified atom stereocenters. The molecule has 4 nitrogen and oxygen atoms in total. The van der Waals surface area contributed by atoms with Crippen molar-refractivity contribution in [2.24, 2.45) is 0 Å².